The molecule has 0 saturated carbocycles. The Morgan fingerprint density at radius 3 is 2.96 bits per heavy atom. The molecule has 0 unspecified atom stereocenters. The molecule has 0 aliphatic carbocycles. The summed E-state index contributed by atoms with van der Waals surface area (Å²) in [5, 5.41) is 8.88. The average Bonchev–Trinajstić information content (AvgIpc) is 3.22. The highest BCUT2D eigenvalue weighted by Gasteiger charge is 2.18. The van der Waals surface area contributed by atoms with Gasteiger partial charge in [-0.3, -0.25) is 9.89 Å². The Morgan fingerprint density at radius 1 is 1.35 bits per heavy atom. The molecule has 0 radical (unpaired) electrons. The molecule has 4 aromatic rings. The summed E-state index contributed by atoms with van der Waals surface area (Å²) in [6.07, 6.45) is 0. The minimum Gasteiger partial charge on any atom is -0.334 e. The monoisotopic (exact) mass is 406 g/mol. The van der Waals surface area contributed by atoms with Crippen molar-refractivity contribution < 1.29 is 4.79 Å². The Morgan fingerprint density at radius 2 is 2.17 bits per heavy atom. The van der Waals surface area contributed by atoms with Gasteiger partial charge in [-0.25, -0.2) is 4.98 Å². The molecule has 1 N–H and O–H groups in total. The number of para-hydroxylation sites is 1. The lowest BCUT2D eigenvalue weighted by atomic mass is 10.3. The number of H-pyrrole nitrogens is 1. The van der Waals surface area contributed by atoms with Gasteiger partial charge in [0.2, 0.25) is 0 Å². The van der Waals surface area contributed by atoms with Gasteiger partial charge < -0.3 is 4.90 Å². The Balaban J connectivity index is 1.57. The first-order chi connectivity index (χ1) is 11.1. The number of nitrogens with zero attached hydrogens (tertiary/aromatic N) is 3. The van der Waals surface area contributed by atoms with Crippen LogP contribution in [0, 0.1) is 0 Å². The normalized spacial score (nSPS) is 11.4. The number of halogens is 1. The number of hydrogen-bond acceptors (Lipinski definition) is 5. The fraction of sp³-hybridized carbons (Fsp3) is 0.133. The summed E-state index contributed by atoms with van der Waals surface area (Å²) in [6.45, 7) is 0.501. The van der Waals surface area contributed by atoms with Gasteiger partial charge in [0.25, 0.3) is 5.91 Å². The third-order valence-electron chi connectivity index (χ3n) is 3.47. The summed E-state index contributed by atoms with van der Waals surface area (Å²) < 4.78 is 1.94. The number of hydrogen-bond donors (Lipinski definition) is 1. The number of thiophene rings is 1. The molecule has 0 fully saturated rings. The number of fused-ring (bicyclic) bond motifs is 2. The summed E-state index contributed by atoms with van der Waals surface area (Å²) in [5.74, 6) is -0.0147. The highest BCUT2D eigenvalue weighted by Crippen LogP contribution is 2.30. The SMILES string of the molecule is CN(Cc1nc2ccccc2s1)C(=O)c1cc2c(Br)[nH]nc2s1. The number of nitrogens with one attached hydrogen (secondary N) is 1. The van der Waals surface area contributed by atoms with E-state index in [4.69, 9.17) is 0 Å². The van der Waals surface area contributed by atoms with E-state index in [0.717, 1.165) is 30.0 Å². The fourth-order valence-corrected chi connectivity index (χ4v) is 4.87. The largest absolute Gasteiger partial charge is 0.334 e. The molecular formula is C15H11BrN4OS2. The van der Waals surface area contributed by atoms with Crippen LogP contribution in [0.1, 0.15) is 14.7 Å². The van der Waals surface area contributed by atoms with Gasteiger partial charge in [0.05, 0.1) is 21.6 Å². The fourth-order valence-electron chi connectivity index (χ4n) is 2.34. The molecule has 4 rings (SSSR count). The van der Waals surface area contributed by atoms with Crippen LogP contribution in [0.5, 0.6) is 0 Å². The number of rotatable bonds is 3. The van der Waals surface area contributed by atoms with Crippen molar-refractivity contribution in [3.8, 4) is 0 Å². The van der Waals surface area contributed by atoms with Crippen LogP contribution in [0.25, 0.3) is 20.4 Å². The van der Waals surface area contributed by atoms with E-state index < -0.39 is 0 Å². The number of carbonyl (C=O) groups excluding carboxylic acids is 1. The summed E-state index contributed by atoms with van der Waals surface area (Å²) in [7, 11) is 1.80. The lowest BCUT2D eigenvalue weighted by Crippen LogP contribution is -2.25. The topological polar surface area (TPSA) is 61.9 Å². The van der Waals surface area contributed by atoms with E-state index in [1.165, 1.54) is 11.3 Å². The number of benzene rings is 1. The predicted octanol–water partition coefficient (Wildman–Crippen LogP) is 4.27. The first-order valence-electron chi connectivity index (χ1n) is 6.85. The highest BCUT2D eigenvalue weighted by atomic mass is 79.9. The van der Waals surface area contributed by atoms with E-state index in [9.17, 15) is 4.79 Å². The van der Waals surface area contributed by atoms with Crippen molar-refractivity contribution in [3.63, 3.8) is 0 Å². The van der Waals surface area contributed by atoms with Crippen molar-refractivity contribution in [2.45, 2.75) is 6.54 Å². The molecule has 0 saturated heterocycles. The summed E-state index contributed by atoms with van der Waals surface area (Å²) in [4.78, 5) is 20.4. The minimum atomic E-state index is -0.0147. The molecule has 5 nitrogen and oxygen atoms in total. The highest BCUT2D eigenvalue weighted by molar-refractivity contribution is 9.10. The maximum absolute atomic E-state index is 12.6. The van der Waals surface area contributed by atoms with E-state index >= 15 is 0 Å². The maximum Gasteiger partial charge on any atom is 0.264 e. The Labute approximate surface area is 148 Å². The number of aromatic amines is 1. The van der Waals surface area contributed by atoms with Crippen LogP contribution in [0.3, 0.4) is 0 Å². The number of amides is 1. The van der Waals surface area contributed by atoms with Crippen LogP contribution in [-0.2, 0) is 6.54 Å². The van der Waals surface area contributed by atoms with Crippen LogP contribution in [-0.4, -0.2) is 33.0 Å². The smallest absolute Gasteiger partial charge is 0.264 e. The van der Waals surface area contributed by atoms with Gasteiger partial charge in [0, 0.05) is 12.4 Å². The van der Waals surface area contributed by atoms with Crippen LogP contribution in [0.2, 0.25) is 0 Å². The third kappa shape index (κ3) is 2.66. The van der Waals surface area contributed by atoms with Crippen LogP contribution >= 0.6 is 38.6 Å². The van der Waals surface area contributed by atoms with E-state index in [0.29, 0.717) is 11.4 Å². The zero-order valence-corrected chi connectivity index (χ0v) is 15.3. The quantitative estimate of drug-likeness (QED) is 0.552. The lowest BCUT2D eigenvalue weighted by molar-refractivity contribution is 0.0790. The molecule has 0 aliphatic heterocycles. The Bertz CT molecular complexity index is 986. The molecule has 3 heterocycles. The molecule has 23 heavy (non-hydrogen) atoms. The minimum absolute atomic E-state index is 0.0147. The van der Waals surface area contributed by atoms with Crippen LogP contribution < -0.4 is 0 Å². The lowest BCUT2D eigenvalue weighted by Gasteiger charge is -2.14. The van der Waals surface area contributed by atoms with Gasteiger partial charge in [-0.15, -0.1) is 22.7 Å². The second-order valence-corrected chi connectivity index (χ2v) is 8.04. The molecule has 8 heteroatoms. The molecule has 116 valence electrons. The molecular weight excluding hydrogens is 396 g/mol. The van der Waals surface area contributed by atoms with Gasteiger partial charge in [0.1, 0.15) is 14.4 Å². The molecule has 0 aliphatic rings. The Hall–Kier alpha value is -1.77. The molecule has 0 spiro atoms. The molecule has 3 aromatic heterocycles. The standard InChI is InChI=1S/C15H11BrN4OS2/c1-20(7-12-17-9-4-2-3-5-10(9)22-12)15(21)11-6-8-13(16)18-19-14(8)23-11/h2-6H,7H2,1H3,(H,18,19). The van der Waals surface area contributed by atoms with Gasteiger partial charge in [-0.2, -0.15) is 5.10 Å². The first-order valence-corrected chi connectivity index (χ1v) is 9.28. The number of thiazole rings is 1. The number of carbonyl (C=O) groups is 1. The van der Waals surface area contributed by atoms with Gasteiger partial charge in [-0.05, 0) is 34.1 Å². The molecule has 1 aromatic carbocycles. The van der Waals surface area contributed by atoms with Crippen LogP contribution in [0.15, 0.2) is 34.9 Å². The summed E-state index contributed by atoms with van der Waals surface area (Å²) in [6, 6.07) is 9.87. The third-order valence-corrected chi connectivity index (χ3v) is 6.12. The van der Waals surface area contributed by atoms with Gasteiger partial charge in [-0.1, -0.05) is 12.1 Å². The average molecular weight is 407 g/mol. The summed E-state index contributed by atoms with van der Waals surface area (Å²) in [5.41, 5.74) is 0.979. The van der Waals surface area contributed by atoms with E-state index in [-0.39, 0.29) is 5.91 Å². The van der Waals surface area contributed by atoms with Crippen molar-refractivity contribution in [2.24, 2.45) is 0 Å². The zero-order chi connectivity index (χ0) is 16.0. The second kappa shape index (κ2) is 5.70. The van der Waals surface area contributed by atoms with Crippen LogP contribution in [0.4, 0.5) is 0 Å². The first kappa shape index (κ1) is 14.8. The van der Waals surface area contributed by atoms with Crippen molar-refractivity contribution in [1.29, 1.82) is 0 Å². The molecule has 0 atom stereocenters. The van der Waals surface area contributed by atoms with Gasteiger partial charge >= 0.3 is 0 Å². The van der Waals surface area contributed by atoms with Crippen molar-refractivity contribution in [3.05, 3.63) is 44.8 Å². The second-order valence-electron chi connectivity index (χ2n) is 5.10. The van der Waals surface area contributed by atoms with E-state index in [2.05, 4.69) is 31.1 Å². The van der Waals surface area contributed by atoms with Crippen molar-refractivity contribution in [1.82, 2.24) is 20.1 Å². The predicted molar refractivity (Wildman–Crippen MR) is 97.1 cm³/mol. The van der Waals surface area contributed by atoms with Crippen molar-refractivity contribution in [2.75, 3.05) is 7.05 Å². The zero-order valence-electron chi connectivity index (χ0n) is 12.0. The number of aromatic nitrogens is 3. The maximum atomic E-state index is 12.6. The Kier molecular flexibility index (Phi) is 3.67. The van der Waals surface area contributed by atoms with E-state index in [1.807, 2.05) is 30.3 Å². The van der Waals surface area contributed by atoms with Gasteiger partial charge in [0.15, 0.2) is 0 Å². The van der Waals surface area contributed by atoms with E-state index in [1.54, 1.807) is 23.3 Å². The van der Waals surface area contributed by atoms with Crippen molar-refractivity contribution >= 4 is 64.9 Å². The molecule has 0 bridgehead atoms. The molecule has 1 amide bonds. The summed E-state index contributed by atoms with van der Waals surface area (Å²) >= 11 is 6.41.